The van der Waals surface area contributed by atoms with Gasteiger partial charge in [-0.05, 0) is 42.5 Å². The molecular weight excluding hydrogens is 354 g/mol. The summed E-state index contributed by atoms with van der Waals surface area (Å²) >= 11 is 0. The van der Waals surface area contributed by atoms with Crippen LogP contribution >= 0.6 is 0 Å². The van der Waals surface area contributed by atoms with Crippen LogP contribution in [0.5, 0.6) is 5.75 Å². The van der Waals surface area contributed by atoms with E-state index in [0.29, 0.717) is 30.8 Å². The fraction of sp³-hybridized carbons (Fsp3) is 0.136. The zero-order chi connectivity index (χ0) is 19.3. The summed E-state index contributed by atoms with van der Waals surface area (Å²) < 4.78 is 5.40. The normalized spacial score (nSPS) is 11.2. The second-order valence-corrected chi connectivity index (χ2v) is 6.57. The molecule has 6 heteroatoms. The number of hydrogen-bond donors (Lipinski definition) is 1. The van der Waals surface area contributed by atoms with Gasteiger partial charge in [-0.3, -0.25) is 14.9 Å². The van der Waals surface area contributed by atoms with Crippen molar-refractivity contribution in [1.82, 2.24) is 14.9 Å². The van der Waals surface area contributed by atoms with Gasteiger partial charge in [-0.15, -0.1) is 0 Å². The number of aromatic hydroxyl groups is 1. The molecule has 6 nitrogen and oxygen atoms in total. The number of phenolic OH excluding ortho intramolecular Hbond substituents is 1. The van der Waals surface area contributed by atoms with Crippen molar-refractivity contribution >= 4 is 11.0 Å². The Morgan fingerprint density at radius 2 is 1.54 bits per heavy atom. The Morgan fingerprint density at radius 1 is 0.857 bits per heavy atom. The lowest BCUT2D eigenvalue weighted by molar-refractivity contribution is 0.238. The van der Waals surface area contributed by atoms with Crippen LogP contribution in [0.1, 0.15) is 17.0 Å². The third kappa shape index (κ3) is 4.24. The number of aromatic nitrogens is 2. The number of nitrogens with zero attached hydrogens (tertiary/aromatic N) is 3. The van der Waals surface area contributed by atoms with E-state index in [4.69, 9.17) is 4.42 Å². The monoisotopic (exact) mass is 373 g/mol. The zero-order valence-electron chi connectivity index (χ0n) is 15.2. The highest BCUT2D eigenvalue weighted by molar-refractivity contribution is 5.78. The van der Waals surface area contributed by atoms with Gasteiger partial charge in [0.25, 0.3) is 0 Å². The maximum absolute atomic E-state index is 12.5. The molecule has 1 aromatic carbocycles. The number of benzene rings is 1. The van der Waals surface area contributed by atoms with E-state index in [1.54, 1.807) is 24.5 Å². The van der Waals surface area contributed by atoms with Crippen molar-refractivity contribution in [3.05, 3.63) is 100 Å². The fourth-order valence-electron chi connectivity index (χ4n) is 3.10. The van der Waals surface area contributed by atoms with E-state index < -0.39 is 5.63 Å². The van der Waals surface area contributed by atoms with Crippen molar-refractivity contribution in [3.8, 4) is 5.75 Å². The molecule has 0 spiro atoms. The largest absolute Gasteiger partial charge is 0.508 e. The third-order valence-corrected chi connectivity index (χ3v) is 4.41. The number of pyridine rings is 2. The lowest BCUT2D eigenvalue weighted by atomic mass is 10.1. The molecule has 0 saturated carbocycles. The molecule has 4 rings (SSSR count). The van der Waals surface area contributed by atoms with E-state index in [2.05, 4.69) is 14.9 Å². The molecule has 0 aliphatic heterocycles. The molecule has 140 valence electrons. The molecule has 0 bridgehead atoms. The molecule has 3 heterocycles. The Kier molecular flexibility index (Phi) is 5.12. The van der Waals surface area contributed by atoms with Gasteiger partial charge in [0.15, 0.2) is 0 Å². The number of phenols is 1. The zero-order valence-corrected chi connectivity index (χ0v) is 15.2. The van der Waals surface area contributed by atoms with E-state index in [9.17, 15) is 9.90 Å². The van der Waals surface area contributed by atoms with Gasteiger partial charge >= 0.3 is 5.63 Å². The quantitative estimate of drug-likeness (QED) is 0.521. The van der Waals surface area contributed by atoms with Gasteiger partial charge in [0.1, 0.15) is 11.3 Å². The van der Waals surface area contributed by atoms with Crippen LogP contribution < -0.4 is 5.63 Å². The van der Waals surface area contributed by atoms with E-state index in [0.717, 1.165) is 16.8 Å². The van der Waals surface area contributed by atoms with Gasteiger partial charge in [0.2, 0.25) is 0 Å². The second-order valence-electron chi connectivity index (χ2n) is 6.57. The molecule has 1 N–H and O–H groups in total. The van der Waals surface area contributed by atoms with Gasteiger partial charge in [-0.2, -0.15) is 0 Å². The van der Waals surface area contributed by atoms with Gasteiger partial charge in [0.05, 0.1) is 17.0 Å². The average molecular weight is 373 g/mol. The summed E-state index contributed by atoms with van der Waals surface area (Å²) in [5, 5.41) is 10.3. The van der Waals surface area contributed by atoms with Crippen LogP contribution in [-0.4, -0.2) is 20.0 Å². The summed E-state index contributed by atoms with van der Waals surface area (Å²) in [6.45, 7) is 1.54. The summed E-state index contributed by atoms with van der Waals surface area (Å²) in [4.78, 5) is 23.4. The SMILES string of the molecule is O=c1oc2cc(O)ccc2cc1CN(Cc1ccccn1)Cc1ccccn1. The number of fused-ring (bicyclic) bond motifs is 1. The average Bonchev–Trinajstić information content (AvgIpc) is 2.70. The Labute approximate surface area is 161 Å². The molecule has 0 unspecified atom stereocenters. The minimum Gasteiger partial charge on any atom is -0.508 e. The second kappa shape index (κ2) is 8.02. The Morgan fingerprint density at radius 3 is 2.14 bits per heavy atom. The molecule has 4 aromatic rings. The molecule has 3 aromatic heterocycles. The Balaban J connectivity index is 1.64. The van der Waals surface area contributed by atoms with Gasteiger partial charge in [-0.1, -0.05) is 12.1 Å². The van der Waals surface area contributed by atoms with E-state index in [1.165, 1.54) is 6.07 Å². The summed E-state index contributed by atoms with van der Waals surface area (Å²) in [5.41, 5.74) is 2.33. The summed E-state index contributed by atoms with van der Waals surface area (Å²) in [6, 6.07) is 18.1. The highest BCUT2D eigenvalue weighted by Crippen LogP contribution is 2.20. The van der Waals surface area contributed by atoms with Crippen LogP contribution in [-0.2, 0) is 19.6 Å². The van der Waals surface area contributed by atoms with Crippen molar-refractivity contribution in [1.29, 1.82) is 0 Å². The van der Waals surface area contributed by atoms with Gasteiger partial charge < -0.3 is 9.52 Å². The van der Waals surface area contributed by atoms with Gasteiger partial charge in [-0.25, -0.2) is 4.79 Å². The number of rotatable bonds is 6. The molecule has 0 radical (unpaired) electrons. The van der Waals surface area contributed by atoms with Crippen LogP contribution in [0.3, 0.4) is 0 Å². The predicted octanol–water partition coefficient (Wildman–Crippen LogP) is 3.49. The highest BCUT2D eigenvalue weighted by atomic mass is 16.4. The van der Waals surface area contributed by atoms with Crippen LogP contribution in [0.2, 0.25) is 0 Å². The molecule has 0 aliphatic carbocycles. The van der Waals surface area contributed by atoms with Crippen molar-refractivity contribution in [2.45, 2.75) is 19.6 Å². The first kappa shape index (κ1) is 17.9. The van der Waals surface area contributed by atoms with E-state index in [1.807, 2.05) is 42.5 Å². The predicted molar refractivity (Wildman–Crippen MR) is 106 cm³/mol. The van der Waals surface area contributed by atoms with Crippen molar-refractivity contribution < 1.29 is 9.52 Å². The fourth-order valence-corrected chi connectivity index (χ4v) is 3.10. The van der Waals surface area contributed by atoms with Crippen molar-refractivity contribution in [2.24, 2.45) is 0 Å². The maximum Gasteiger partial charge on any atom is 0.340 e. The molecule has 0 aliphatic rings. The van der Waals surface area contributed by atoms with Crippen molar-refractivity contribution in [2.75, 3.05) is 0 Å². The van der Waals surface area contributed by atoms with E-state index in [-0.39, 0.29) is 5.75 Å². The highest BCUT2D eigenvalue weighted by Gasteiger charge is 2.14. The molecule has 0 saturated heterocycles. The minimum atomic E-state index is -0.412. The first-order chi connectivity index (χ1) is 13.7. The first-order valence-corrected chi connectivity index (χ1v) is 8.95. The third-order valence-electron chi connectivity index (χ3n) is 4.41. The molecule has 28 heavy (non-hydrogen) atoms. The summed E-state index contributed by atoms with van der Waals surface area (Å²) in [7, 11) is 0. The van der Waals surface area contributed by atoms with Crippen LogP contribution in [0, 0.1) is 0 Å². The lowest BCUT2D eigenvalue weighted by Crippen LogP contribution is -2.26. The molecular formula is C22H19N3O3. The maximum atomic E-state index is 12.5. The first-order valence-electron chi connectivity index (χ1n) is 8.95. The summed E-state index contributed by atoms with van der Waals surface area (Å²) in [5.74, 6) is 0.0651. The van der Waals surface area contributed by atoms with Gasteiger partial charge in [0, 0.05) is 43.5 Å². The van der Waals surface area contributed by atoms with Crippen LogP contribution in [0.4, 0.5) is 0 Å². The van der Waals surface area contributed by atoms with E-state index >= 15 is 0 Å². The van der Waals surface area contributed by atoms with Crippen molar-refractivity contribution in [3.63, 3.8) is 0 Å². The standard InChI is InChI=1S/C22H19N3O3/c26-20-8-7-16-11-17(22(27)28-21(16)12-20)13-25(14-18-5-1-3-9-23-18)15-19-6-2-4-10-24-19/h1-12,26H,13-15H2. The molecule has 0 amide bonds. The summed E-state index contributed by atoms with van der Waals surface area (Å²) in [6.07, 6.45) is 3.51. The number of hydrogen-bond acceptors (Lipinski definition) is 6. The Bertz CT molecular complexity index is 1090. The minimum absolute atomic E-state index is 0.0651. The van der Waals surface area contributed by atoms with Crippen LogP contribution in [0.15, 0.2) is 82.3 Å². The molecule has 0 atom stereocenters. The molecule has 0 fully saturated rings. The smallest absolute Gasteiger partial charge is 0.340 e. The van der Waals surface area contributed by atoms with Crippen LogP contribution in [0.25, 0.3) is 11.0 Å². The Hall–Kier alpha value is -3.51. The lowest BCUT2D eigenvalue weighted by Gasteiger charge is -2.21. The topological polar surface area (TPSA) is 79.5 Å².